The molecule has 1 rings (SSSR count). The molecule has 0 aliphatic carbocycles. The van der Waals surface area contributed by atoms with Crippen LogP contribution in [-0.4, -0.2) is 38.1 Å². The normalized spacial score (nSPS) is 9.13. The van der Waals surface area contributed by atoms with Crippen molar-refractivity contribution in [3.63, 3.8) is 0 Å². The SMILES string of the molecule is CC.CCCC.CCCOCCOc1ccccc1OCCO. The van der Waals surface area contributed by atoms with Crippen molar-refractivity contribution in [3.8, 4) is 11.5 Å². The molecular weight excluding hydrogens is 292 g/mol. The lowest BCUT2D eigenvalue weighted by Crippen LogP contribution is -2.09. The van der Waals surface area contributed by atoms with Crippen LogP contribution in [0.3, 0.4) is 0 Å². The van der Waals surface area contributed by atoms with Crippen LogP contribution in [-0.2, 0) is 4.74 Å². The molecule has 0 saturated heterocycles. The topological polar surface area (TPSA) is 47.9 Å². The maximum atomic E-state index is 8.71. The zero-order chi connectivity index (χ0) is 17.8. The van der Waals surface area contributed by atoms with Gasteiger partial charge in [-0.3, -0.25) is 0 Å². The van der Waals surface area contributed by atoms with Gasteiger partial charge in [0.05, 0.1) is 13.2 Å². The quantitative estimate of drug-likeness (QED) is 0.633. The van der Waals surface area contributed by atoms with Crippen LogP contribution in [0, 0.1) is 0 Å². The van der Waals surface area contributed by atoms with Gasteiger partial charge in [0, 0.05) is 6.61 Å². The third-order valence-corrected chi connectivity index (χ3v) is 2.53. The van der Waals surface area contributed by atoms with E-state index in [0.29, 0.717) is 24.7 Å². The summed E-state index contributed by atoms with van der Waals surface area (Å²) in [5.41, 5.74) is 0. The highest BCUT2D eigenvalue weighted by atomic mass is 16.5. The third-order valence-electron chi connectivity index (χ3n) is 2.53. The first-order valence-corrected chi connectivity index (χ1v) is 8.83. The van der Waals surface area contributed by atoms with Gasteiger partial charge in [-0.2, -0.15) is 0 Å². The number of hydrogen-bond donors (Lipinski definition) is 1. The molecule has 23 heavy (non-hydrogen) atoms. The van der Waals surface area contributed by atoms with Gasteiger partial charge in [-0.15, -0.1) is 0 Å². The van der Waals surface area contributed by atoms with Crippen LogP contribution >= 0.6 is 0 Å². The second-order valence-electron chi connectivity index (χ2n) is 4.48. The lowest BCUT2D eigenvalue weighted by atomic mass is 10.3. The Morgan fingerprint density at radius 2 is 1.26 bits per heavy atom. The molecule has 0 heterocycles. The number of unbranched alkanes of at least 4 members (excludes halogenated alkanes) is 1. The van der Waals surface area contributed by atoms with Crippen LogP contribution in [0.5, 0.6) is 11.5 Å². The summed E-state index contributed by atoms with van der Waals surface area (Å²) in [6.45, 7) is 12.5. The summed E-state index contributed by atoms with van der Waals surface area (Å²) < 4.78 is 16.2. The zero-order valence-corrected chi connectivity index (χ0v) is 15.6. The van der Waals surface area contributed by atoms with Gasteiger partial charge < -0.3 is 19.3 Å². The fraction of sp³-hybridized carbons (Fsp3) is 0.684. The monoisotopic (exact) mass is 328 g/mol. The van der Waals surface area contributed by atoms with E-state index in [9.17, 15) is 0 Å². The fourth-order valence-electron chi connectivity index (χ4n) is 1.30. The first kappa shape index (κ1) is 24.0. The molecular formula is C19H36O4. The molecule has 4 nitrogen and oxygen atoms in total. The number of ether oxygens (including phenoxy) is 3. The van der Waals surface area contributed by atoms with Gasteiger partial charge in [0.25, 0.3) is 0 Å². The van der Waals surface area contributed by atoms with Gasteiger partial charge in [0.1, 0.15) is 13.2 Å². The second-order valence-corrected chi connectivity index (χ2v) is 4.48. The van der Waals surface area contributed by atoms with Crippen molar-refractivity contribution in [2.24, 2.45) is 0 Å². The van der Waals surface area contributed by atoms with E-state index in [0.717, 1.165) is 13.0 Å². The van der Waals surface area contributed by atoms with E-state index in [4.69, 9.17) is 19.3 Å². The minimum atomic E-state index is -0.00601. The van der Waals surface area contributed by atoms with Crippen molar-refractivity contribution < 1.29 is 19.3 Å². The number of benzene rings is 1. The van der Waals surface area contributed by atoms with Crippen LogP contribution in [0.2, 0.25) is 0 Å². The summed E-state index contributed by atoms with van der Waals surface area (Å²) in [6, 6.07) is 7.41. The maximum Gasteiger partial charge on any atom is 0.161 e. The van der Waals surface area contributed by atoms with E-state index < -0.39 is 0 Å². The number of para-hydroxylation sites is 2. The van der Waals surface area contributed by atoms with E-state index in [1.807, 2.05) is 38.1 Å². The summed E-state index contributed by atoms with van der Waals surface area (Å²) >= 11 is 0. The van der Waals surface area contributed by atoms with Crippen molar-refractivity contribution in [1.82, 2.24) is 0 Å². The van der Waals surface area contributed by atoms with Crippen LogP contribution in [0.15, 0.2) is 24.3 Å². The first-order chi connectivity index (χ1) is 11.3. The number of aliphatic hydroxyl groups excluding tert-OH is 1. The van der Waals surface area contributed by atoms with Crippen LogP contribution in [0.1, 0.15) is 53.9 Å². The maximum absolute atomic E-state index is 8.71. The van der Waals surface area contributed by atoms with Gasteiger partial charge in [0.15, 0.2) is 11.5 Å². The summed E-state index contributed by atoms with van der Waals surface area (Å²) in [4.78, 5) is 0. The molecule has 1 aromatic rings. The highest BCUT2D eigenvalue weighted by Crippen LogP contribution is 2.26. The van der Waals surface area contributed by atoms with Crippen molar-refractivity contribution in [2.45, 2.75) is 53.9 Å². The molecule has 0 fully saturated rings. The summed E-state index contributed by atoms with van der Waals surface area (Å²) in [5.74, 6) is 1.33. The smallest absolute Gasteiger partial charge is 0.161 e. The average Bonchev–Trinajstić information content (AvgIpc) is 2.62. The van der Waals surface area contributed by atoms with Crippen LogP contribution in [0.4, 0.5) is 0 Å². The number of rotatable bonds is 10. The molecule has 0 bridgehead atoms. The highest BCUT2D eigenvalue weighted by molar-refractivity contribution is 5.39. The van der Waals surface area contributed by atoms with E-state index in [1.54, 1.807) is 0 Å². The lowest BCUT2D eigenvalue weighted by Gasteiger charge is -2.11. The zero-order valence-electron chi connectivity index (χ0n) is 15.6. The lowest BCUT2D eigenvalue weighted by molar-refractivity contribution is 0.0986. The molecule has 1 aromatic carbocycles. The summed E-state index contributed by atoms with van der Waals surface area (Å²) in [5, 5.41) is 8.71. The van der Waals surface area contributed by atoms with Crippen LogP contribution < -0.4 is 9.47 Å². The molecule has 4 heteroatoms. The molecule has 0 unspecified atom stereocenters. The Labute approximate surface area is 142 Å². The Bertz CT molecular complexity index is 327. The van der Waals surface area contributed by atoms with E-state index >= 15 is 0 Å². The van der Waals surface area contributed by atoms with Gasteiger partial charge in [-0.25, -0.2) is 0 Å². The molecule has 0 radical (unpaired) electrons. The van der Waals surface area contributed by atoms with E-state index in [1.165, 1.54) is 12.8 Å². The second kappa shape index (κ2) is 20.7. The van der Waals surface area contributed by atoms with Crippen molar-refractivity contribution in [3.05, 3.63) is 24.3 Å². The highest BCUT2D eigenvalue weighted by Gasteiger charge is 2.03. The Kier molecular flexibility index (Phi) is 21.6. The van der Waals surface area contributed by atoms with Gasteiger partial charge >= 0.3 is 0 Å². The van der Waals surface area contributed by atoms with Gasteiger partial charge in [0.2, 0.25) is 0 Å². The molecule has 136 valence electrons. The summed E-state index contributed by atoms with van der Waals surface area (Å²) in [7, 11) is 0. The van der Waals surface area contributed by atoms with Crippen molar-refractivity contribution in [1.29, 1.82) is 0 Å². The Hall–Kier alpha value is -1.26. The average molecular weight is 328 g/mol. The minimum Gasteiger partial charge on any atom is -0.487 e. The molecule has 0 saturated carbocycles. The largest absolute Gasteiger partial charge is 0.487 e. The molecule has 0 aromatic heterocycles. The van der Waals surface area contributed by atoms with E-state index in [2.05, 4.69) is 20.8 Å². The predicted molar refractivity (Wildman–Crippen MR) is 97.6 cm³/mol. The molecule has 1 N–H and O–H groups in total. The Morgan fingerprint density at radius 3 is 1.70 bits per heavy atom. The molecule has 0 aliphatic rings. The Balaban J connectivity index is 0. The molecule has 0 aliphatic heterocycles. The van der Waals surface area contributed by atoms with Gasteiger partial charge in [-0.1, -0.05) is 59.6 Å². The first-order valence-electron chi connectivity index (χ1n) is 8.83. The van der Waals surface area contributed by atoms with Crippen LogP contribution in [0.25, 0.3) is 0 Å². The number of hydrogen-bond acceptors (Lipinski definition) is 4. The molecule has 0 spiro atoms. The standard InChI is InChI=1S/C13H20O4.C4H10.C2H6/c1-2-8-15-10-11-17-13-6-4-3-5-12(13)16-9-7-14;1-3-4-2;1-2/h3-6,14H,2,7-11H2,1H3;3-4H2,1-2H3;1-2H3. The van der Waals surface area contributed by atoms with Crippen molar-refractivity contribution in [2.75, 3.05) is 33.0 Å². The summed E-state index contributed by atoms with van der Waals surface area (Å²) in [6.07, 6.45) is 3.65. The van der Waals surface area contributed by atoms with E-state index in [-0.39, 0.29) is 13.2 Å². The van der Waals surface area contributed by atoms with Gasteiger partial charge in [-0.05, 0) is 18.6 Å². The minimum absolute atomic E-state index is 0.00601. The van der Waals surface area contributed by atoms with Crippen molar-refractivity contribution >= 4 is 0 Å². The predicted octanol–water partition coefficient (Wildman–Crippen LogP) is 4.70. The molecule has 0 atom stereocenters. The third kappa shape index (κ3) is 15.4. The fourth-order valence-corrected chi connectivity index (χ4v) is 1.30. The Morgan fingerprint density at radius 1 is 0.739 bits per heavy atom. The molecule has 0 amide bonds. The number of aliphatic hydroxyl groups is 1.